The monoisotopic (exact) mass is 299 g/mol. The first kappa shape index (κ1) is 16.9. The molecular formula is C14H25N3O2S. The highest BCUT2D eigenvalue weighted by Gasteiger charge is 2.14. The zero-order valence-electron chi connectivity index (χ0n) is 12.7. The third-order valence-electron chi connectivity index (χ3n) is 2.82. The van der Waals surface area contributed by atoms with E-state index in [1.807, 2.05) is 5.38 Å². The fourth-order valence-corrected chi connectivity index (χ4v) is 2.91. The predicted molar refractivity (Wildman–Crippen MR) is 83.5 cm³/mol. The van der Waals surface area contributed by atoms with Gasteiger partial charge in [-0.1, -0.05) is 13.8 Å². The summed E-state index contributed by atoms with van der Waals surface area (Å²) in [7, 11) is 4.13. The van der Waals surface area contributed by atoms with E-state index in [0.29, 0.717) is 18.4 Å². The second kappa shape index (κ2) is 8.21. The first-order valence-electron chi connectivity index (χ1n) is 6.94. The fourth-order valence-electron chi connectivity index (χ4n) is 2.09. The number of carboxylic acids is 1. The van der Waals surface area contributed by atoms with Gasteiger partial charge in [0.1, 0.15) is 0 Å². The van der Waals surface area contributed by atoms with E-state index in [9.17, 15) is 4.79 Å². The molecule has 0 saturated heterocycles. The highest BCUT2D eigenvalue weighted by Crippen LogP contribution is 2.19. The van der Waals surface area contributed by atoms with Crippen LogP contribution in [0, 0.1) is 5.92 Å². The van der Waals surface area contributed by atoms with Crippen molar-refractivity contribution in [3.8, 4) is 0 Å². The molecule has 1 unspecified atom stereocenters. The minimum atomic E-state index is -0.780. The van der Waals surface area contributed by atoms with Gasteiger partial charge in [-0.05, 0) is 26.4 Å². The maximum atomic E-state index is 10.6. The van der Waals surface area contributed by atoms with E-state index in [4.69, 9.17) is 5.11 Å². The minimum Gasteiger partial charge on any atom is -0.481 e. The second-order valence-electron chi connectivity index (χ2n) is 5.77. The van der Waals surface area contributed by atoms with Gasteiger partial charge >= 0.3 is 5.97 Å². The molecule has 0 spiro atoms. The Bertz CT molecular complexity index is 408. The number of aryl methyl sites for hydroxylation is 1. The van der Waals surface area contributed by atoms with Crippen LogP contribution < -0.4 is 5.32 Å². The molecule has 1 atom stereocenters. The van der Waals surface area contributed by atoms with E-state index >= 15 is 0 Å². The molecule has 0 radical (unpaired) electrons. The fraction of sp³-hybridized carbons (Fsp3) is 0.714. The van der Waals surface area contributed by atoms with Crippen molar-refractivity contribution in [2.75, 3.05) is 26.0 Å². The third-order valence-corrected chi connectivity index (χ3v) is 3.64. The summed E-state index contributed by atoms with van der Waals surface area (Å²) in [6, 6.07) is 0.364. The lowest BCUT2D eigenvalue weighted by Gasteiger charge is -2.23. The van der Waals surface area contributed by atoms with Crippen molar-refractivity contribution in [3.05, 3.63) is 11.1 Å². The lowest BCUT2D eigenvalue weighted by molar-refractivity contribution is -0.136. The number of aliphatic carboxylic acids is 1. The van der Waals surface area contributed by atoms with Crippen LogP contribution in [0.3, 0.4) is 0 Å². The number of carboxylic acid groups (broad SMARTS) is 1. The molecule has 20 heavy (non-hydrogen) atoms. The number of carbonyl (C=O) groups is 1. The van der Waals surface area contributed by atoms with Gasteiger partial charge in [-0.25, -0.2) is 4.98 Å². The number of anilines is 1. The maximum absolute atomic E-state index is 10.6. The Labute approximate surface area is 125 Å². The van der Waals surface area contributed by atoms with E-state index in [1.165, 1.54) is 0 Å². The molecular weight excluding hydrogens is 274 g/mol. The van der Waals surface area contributed by atoms with Crippen molar-refractivity contribution >= 4 is 22.4 Å². The van der Waals surface area contributed by atoms with E-state index in [0.717, 1.165) is 23.8 Å². The van der Waals surface area contributed by atoms with Crippen molar-refractivity contribution < 1.29 is 9.90 Å². The first-order chi connectivity index (χ1) is 9.36. The van der Waals surface area contributed by atoms with Crippen molar-refractivity contribution in [1.82, 2.24) is 9.88 Å². The topological polar surface area (TPSA) is 65.5 Å². The normalized spacial score (nSPS) is 12.9. The SMILES string of the molecule is CC(C)CC(CN(C)C)Nc1nc(CCC(=O)O)cs1. The summed E-state index contributed by atoms with van der Waals surface area (Å²) in [5.74, 6) is -0.156. The van der Waals surface area contributed by atoms with E-state index in [2.05, 4.69) is 43.1 Å². The van der Waals surface area contributed by atoms with E-state index in [1.54, 1.807) is 11.3 Å². The average Bonchev–Trinajstić information content (AvgIpc) is 2.72. The Balaban J connectivity index is 2.56. The second-order valence-corrected chi connectivity index (χ2v) is 6.63. The smallest absolute Gasteiger partial charge is 0.303 e. The summed E-state index contributed by atoms with van der Waals surface area (Å²) in [6.07, 6.45) is 1.72. The van der Waals surface area contributed by atoms with Gasteiger partial charge in [0, 0.05) is 24.4 Å². The first-order valence-corrected chi connectivity index (χ1v) is 7.82. The van der Waals surface area contributed by atoms with Crippen molar-refractivity contribution in [2.24, 2.45) is 5.92 Å². The van der Waals surface area contributed by atoms with Crippen LogP contribution in [-0.4, -0.2) is 47.6 Å². The van der Waals surface area contributed by atoms with Gasteiger partial charge in [0.25, 0.3) is 0 Å². The maximum Gasteiger partial charge on any atom is 0.303 e. The number of thiazole rings is 1. The van der Waals surface area contributed by atoms with Gasteiger partial charge in [-0.2, -0.15) is 0 Å². The van der Waals surface area contributed by atoms with Gasteiger partial charge < -0.3 is 15.3 Å². The Kier molecular flexibility index (Phi) is 6.95. The molecule has 1 rings (SSSR count). The number of nitrogens with zero attached hydrogens (tertiary/aromatic N) is 2. The number of likely N-dealkylation sites (N-methyl/N-ethyl adjacent to an activating group) is 1. The Morgan fingerprint density at radius 3 is 2.75 bits per heavy atom. The average molecular weight is 299 g/mol. The van der Waals surface area contributed by atoms with Crippen molar-refractivity contribution in [3.63, 3.8) is 0 Å². The van der Waals surface area contributed by atoms with Gasteiger partial charge in [0.2, 0.25) is 0 Å². The molecule has 0 aliphatic carbocycles. The number of nitrogens with one attached hydrogen (secondary N) is 1. The molecule has 0 saturated carbocycles. The lowest BCUT2D eigenvalue weighted by Crippen LogP contribution is -2.33. The molecule has 5 nitrogen and oxygen atoms in total. The summed E-state index contributed by atoms with van der Waals surface area (Å²) < 4.78 is 0. The summed E-state index contributed by atoms with van der Waals surface area (Å²) in [6.45, 7) is 5.39. The summed E-state index contributed by atoms with van der Waals surface area (Å²) in [4.78, 5) is 17.2. The summed E-state index contributed by atoms with van der Waals surface area (Å²) >= 11 is 1.55. The zero-order valence-corrected chi connectivity index (χ0v) is 13.5. The van der Waals surface area contributed by atoms with Crippen molar-refractivity contribution in [1.29, 1.82) is 0 Å². The van der Waals surface area contributed by atoms with E-state index in [-0.39, 0.29) is 6.42 Å². The van der Waals surface area contributed by atoms with Crippen LogP contribution in [0.5, 0.6) is 0 Å². The molecule has 0 fully saturated rings. The van der Waals surface area contributed by atoms with Gasteiger partial charge in [-0.3, -0.25) is 4.79 Å². The molecule has 2 N–H and O–H groups in total. The third kappa shape index (κ3) is 6.86. The molecule has 0 aliphatic rings. The van der Waals surface area contributed by atoms with Crippen LogP contribution in [0.4, 0.5) is 5.13 Å². The predicted octanol–water partition coefficient (Wildman–Crippen LogP) is 2.55. The quantitative estimate of drug-likeness (QED) is 0.733. The molecule has 1 heterocycles. The standard InChI is InChI=1S/C14H25N3O2S/c1-10(2)7-12(8-17(3)4)16-14-15-11(9-20-14)5-6-13(18)19/h9-10,12H,5-8H2,1-4H3,(H,15,16)(H,18,19). The Morgan fingerprint density at radius 2 is 2.20 bits per heavy atom. The Morgan fingerprint density at radius 1 is 1.50 bits per heavy atom. The summed E-state index contributed by atoms with van der Waals surface area (Å²) in [5.41, 5.74) is 0.855. The molecule has 1 aromatic rings. The summed E-state index contributed by atoms with van der Waals surface area (Å²) in [5, 5.41) is 15.0. The molecule has 114 valence electrons. The largest absolute Gasteiger partial charge is 0.481 e. The van der Waals surface area contributed by atoms with Crippen LogP contribution in [0.15, 0.2) is 5.38 Å². The molecule has 0 aromatic carbocycles. The lowest BCUT2D eigenvalue weighted by atomic mass is 10.0. The number of hydrogen-bond donors (Lipinski definition) is 2. The van der Waals surface area contributed by atoms with Crippen molar-refractivity contribution in [2.45, 2.75) is 39.2 Å². The highest BCUT2D eigenvalue weighted by atomic mass is 32.1. The minimum absolute atomic E-state index is 0.135. The highest BCUT2D eigenvalue weighted by molar-refractivity contribution is 7.13. The van der Waals surface area contributed by atoms with Gasteiger partial charge in [0.05, 0.1) is 12.1 Å². The van der Waals surface area contributed by atoms with Crippen LogP contribution >= 0.6 is 11.3 Å². The van der Waals surface area contributed by atoms with Gasteiger partial charge in [0.15, 0.2) is 5.13 Å². The van der Waals surface area contributed by atoms with Crippen LogP contribution in [0.2, 0.25) is 0 Å². The number of rotatable bonds is 9. The molecule has 0 aliphatic heterocycles. The van der Waals surface area contributed by atoms with E-state index < -0.39 is 5.97 Å². The van der Waals surface area contributed by atoms with Crippen LogP contribution in [0.1, 0.15) is 32.4 Å². The molecule has 0 bridgehead atoms. The number of aromatic nitrogens is 1. The zero-order chi connectivity index (χ0) is 15.1. The van der Waals surface area contributed by atoms with Gasteiger partial charge in [-0.15, -0.1) is 11.3 Å². The number of hydrogen-bond acceptors (Lipinski definition) is 5. The van der Waals surface area contributed by atoms with Crippen LogP contribution in [-0.2, 0) is 11.2 Å². The molecule has 1 aromatic heterocycles. The van der Waals surface area contributed by atoms with Crippen LogP contribution in [0.25, 0.3) is 0 Å². The Hall–Kier alpha value is -1.14. The molecule has 6 heteroatoms. The molecule has 0 amide bonds.